The molecule has 0 unspecified atom stereocenters. The number of hydrogen-bond acceptors (Lipinski definition) is 2. The topological polar surface area (TPSA) is 25.8 Å². The highest BCUT2D eigenvalue weighted by atomic mass is 14.7. The number of benzene rings is 9. The summed E-state index contributed by atoms with van der Waals surface area (Å²) in [7, 11) is 0. The number of nitrogens with zero attached hydrogens (tertiary/aromatic N) is 2. The Labute approximate surface area is 306 Å². The van der Waals surface area contributed by atoms with Gasteiger partial charge >= 0.3 is 0 Å². The SMILES string of the molecule is Cc1cccc2c(-c3ccc4cc(-c5ccc(-c6nc7c8ccccc8c8ccccc8c7c7ccccc67)cc5)ccc4c3)cc3cccnc3c12. The quantitative estimate of drug-likeness (QED) is 0.175. The third kappa shape index (κ3) is 4.59. The molecule has 11 rings (SSSR count). The van der Waals surface area contributed by atoms with Crippen LogP contribution in [0.5, 0.6) is 0 Å². The molecular formula is C51H32N2. The van der Waals surface area contributed by atoms with Crippen LogP contribution in [-0.4, -0.2) is 9.97 Å². The van der Waals surface area contributed by atoms with E-state index in [1.165, 1.54) is 87.1 Å². The minimum absolute atomic E-state index is 1.01. The third-order valence-corrected chi connectivity index (χ3v) is 11.2. The van der Waals surface area contributed by atoms with E-state index in [-0.39, 0.29) is 0 Å². The fourth-order valence-electron chi connectivity index (χ4n) is 8.65. The van der Waals surface area contributed by atoms with Crippen LogP contribution in [0, 0.1) is 6.92 Å². The number of rotatable bonds is 3. The second kappa shape index (κ2) is 11.6. The Morgan fingerprint density at radius 1 is 0.358 bits per heavy atom. The van der Waals surface area contributed by atoms with Crippen LogP contribution < -0.4 is 0 Å². The molecule has 0 amide bonds. The van der Waals surface area contributed by atoms with Gasteiger partial charge in [-0.2, -0.15) is 0 Å². The van der Waals surface area contributed by atoms with E-state index in [0.717, 1.165) is 27.7 Å². The van der Waals surface area contributed by atoms with E-state index in [1.54, 1.807) is 0 Å². The van der Waals surface area contributed by atoms with Crippen molar-refractivity contribution in [2.45, 2.75) is 6.92 Å². The lowest BCUT2D eigenvalue weighted by molar-refractivity contribution is 1.42. The number of fused-ring (bicyclic) bond motifs is 12. The van der Waals surface area contributed by atoms with Crippen molar-refractivity contribution in [1.82, 2.24) is 9.97 Å². The van der Waals surface area contributed by atoms with Crippen LogP contribution in [0.1, 0.15) is 5.56 Å². The van der Waals surface area contributed by atoms with Gasteiger partial charge in [-0.05, 0) is 96.7 Å². The molecule has 0 fully saturated rings. The summed E-state index contributed by atoms with van der Waals surface area (Å²) in [6.45, 7) is 2.18. The maximum atomic E-state index is 5.47. The van der Waals surface area contributed by atoms with Crippen LogP contribution >= 0.6 is 0 Å². The summed E-state index contributed by atoms with van der Waals surface area (Å²) in [6, 6.07) is 61.8. The second-order valence-corrected chi connectivity index (χ2v) is 14.2. The minimum atomic E-state index is 1.01. The van der Waals surface area contributed by atoms with E-state index in [9.17, 15) is 0 Å². The Balaban J connectivity index is 1.01. The first-order valence-electron chi connectivity index (χ1n) is 18.2. The number of aryl methyl sites for hydroxylation is 1. The minimum Gasteiger partial charge on any atom is -0.256 e. The van der Waals surface area contributed by atoms with Crippen LogP contribution in [0.2, 0.25) is 0 Å². The lowest BCUT2D eigenvalue weighted by Crippen LogP contribution is -1.92. The molecule has 9 aromatic carbocycles. The maximum Gasteiger partial charge on any atom is 0.0800 e. The predicted molar refractivity (Wildman–Crippen MR) is 226 cm³/mol. The van der Waals surface area contributed by atoms with Gasteiger partial charge in [0.1, 0.15) is 0 Å². The van der Waals surface area contributed by atoms with Crippen molar-refractivity contribution in [2.24, 2.45) is 0 Å². The van der Waals surface area contributed by atoms with Gasteiger partial charge in [0, 0.05) is 38.7 Å². The summed E-state index contributed by atoms with van der Waals surface area (Å²) in [5.74, 6) is 0. The lowest BCUT2D eigenvalue weighted by atomic mass is 9.91. The van der Waals surface area contributed by atoms with Crippen molar-refractivity contribution >= 4 is 75.7 Å². The summed E-state index contributed by atoms with van der Waals surface area (Å²) in [5, 5.41) is 14.6. The van der Waals surface area contributed by atoms with E-state index in [1.807, 2.05) is 12.3 Å². The molecule has 0 spiro atoms. The van der Waals surface area contributed by atoms with Crippen LogP contribution in [0.4, 0.5) is 0 Å². The van der Waals surface area contributed by atoms with Crippen LogP contribution in [0.15, 0.2) is 176 Å². The van der Waals surface area contributed by atoms with Gasteiger partial charge in [-0.3, -0.25) is 4.98 Å². The van der Waals surface area contributed by atoms with Gasteiger partial charge in [0.15, 0.2) is 0 Å². The summed E-state index contributed by atoms with van der Waals surface area (Å²) in [5.41, 5.74) is 10.3. The van der Waals surface area contributed by atoms with Crippen LogP contribution in [-0.2, 0) is 0 Å². The van der Waals surface area contributed by atoms with Gasteiger partial charge in [0.25, 0.3) is 0 Å². The summed E-state index contributed by atoms with van der Waals surface area (Å²) < 4.78 is 0. The van der Waals surface area contributed by atoms with Crippen LogP contribution in [0.25, 0.3) is 109 Å². The average molecular weight is 673 g/mol. The van der Waals surface area contributed by atoms with E-state index in [0.29, 0.717) is 0 Å². The normalized spacial score (nSPS) is 11.9. The van der Waals surface area contributed by atoms with Crippen molar-refractivity contribution in [3.8, 4) is 33.5 Å². The summed E-state index contributed by atoms with van der Waals surface area (Å²) in [4.78, 5) is 10.2. The molecule has 2 heteroatoms. The van der Waals surface area contributed by atoms with E-state index >= 15 is 0 Å². The molecule has 0 aliphatic heterocycles. The van der Waals surface area contributed by atoms with E-state index in [2.05, 4.69) is 171 Å². The molecule has 2 aromatic heterocycles. The molecule has 53 heavy (non-hydrogen) atoms. The molecule has 0 N–H and O–H groups in total. The number of aromatic nitrogens is 2. The average Bonchev–Trinajstić information content (AvgIpc) is 3.22. The Kier molecular flexibility index (Phi) is 6.50. The Morgan fingerprint density at radius 2 is 0.943 bits per heavy atom. The van der Waals surface area contributed by atoms with Crippen molar-refractivity contribution in [2.75, 3.05) is 0 Å². The molecule has 0 saturated carbocycles. The van der Waals surface area contributed by atoms with Crippen molar-refractivity contribution in [1.29, 1.82) is 0 Å². The van der Waals surface area contributed by atoms with Gasteiger partial charge in [-0.1, -0.05) is 146 Å². The smallest absolute Gasteiger partial charge is 0.0800 e. The maximum absolute atomic E-state index is 5.47. The third-order valence-electron chi connectivity index (χ3n) is 11.2. The van der Waals surface area contributed by atoms with Gasteiger partial charge in [0.05, 0.1) is 16.7 Å². The molecule has 2 nitrogen and oxygen atoms in total. The molecule has 2 heterocycles. The molecule has 0 saturated heterocycles. The first kappa shape index (κ1) is 29.8. The van der Waals surface area contributed by atoms with Gasteiger partial charge in [-0.25, -0.2) is 4.98 Å². The van der Waals surface area contributed by atoms with Crippen LogP contribution in [0.3, 0.4) is 0 Å². The van der Waals surface area contributed by atoms with Gasteiger partial charge in [-0.15, -0.1) is 0 Å². The van der Waals surface area contributed by atoms with E-state index < -0.39 is 0 Å². The Hall–Kier alpha value is -6.90. The van der Waals surface area contributed by atoms with Crippen molar-refractivity contribution < 1.29 is 0 Å². The van der Waals surface area contributed by atoms with Crippen molar-refractivity contribution in [3.05, 3.63) is 182 Å². The first-order valence-corrected chi connectivity index (χ1v) is 18.2. The first-order chi connectivity index (χ1) is 26.2. The molecule has 0 atom stereocenters. The standard InChI is InChI=1S/C51H32N2/c1-31-10-8-18-43-46(30-38-11-9-27-52-50(38)47(31)43)37-26-25-35-28-34(23-24-36(35)29-37)32-19-21-33(22-20-32)49-45-17-7-5-15-42(45)48-41-14-4-2-12-39(41)40-13-3-6-16-44(40)51(48)53-49/h2-30H,1H3. The molecule has 0 aliphatic rings. The number of pyridine rings is 2. The Morgan fingerprint density at radius 3 is 1.72 bits per heavy atom. The van der Waals surface area contributed by atoms with E-state index in [4.69, 9.17) is 9.97 Å². The van der Waals surface area contributed by atoms with Gasteiger partial charge in [0.2, 0.25) is 0 Å². The predicted octanol–water partition coefficient (Wildman–Crippen LogP) is 13.9. The highest BCUT2D eigenvalue weighted by Gasteiger charge is 2.17. The second-order valence-electron chi connectivity index (χ2n) is 14.2. The largest absolute Gasteiger partial charge is 0.256 e. The fraction of sp³-hybridized carbons (Fsp3) is 0.0196. The molecule has 246 valence electrons. The molecule has 11 aromatic rings. The monoisotopic (exact) mass is 672 g/mol. The Bertz CT molecular complexity index is 3280. The van der Waals surface area contributed by atoms with Gasteiger partial charge < -0.3 is 0 Å². The summed E-state index contributed by atoms with van der Waals surface area (Å²) >= 11 is 0. The zero-order valence-corrected chi connectivity index (χ0v) is 29.1. The summed E-state index contributed by atoms with van der Waals surface area (Å²) in [6.07, 6.45) is 1.89. The highest BCUT2D eigenvalue weighted by molar-refractivity contribution is 6.31. The zero-order chi connectivity index (χ0) is 35.0. The highest BCUT2D eigenvalue weighted by Crippen LogP contribution is 2.42. The molecular weight excluding hydrogens is 641 g/mol. The van der Waals surface area contributed by atoms with Crippen molar-refractivity contribution in [3.63, 3.8) is 0 Å². The fourth-order valence-corrected chi connectivity index (χ4v) is 8.65. The molecule has 0 aliphatic carbocycles. The molecule has 0 bridgehead atoms. The zero-order valence-electron chi connectivity index (χ0n) is 29.1. The number of hydrogen-bond donors (Lipinski definition) is 0. The molecule has 0 radical (unpaired) electrons. The lowest BCUT2D eigenvalue weighted by Gasteiger charge is -2.15.